The molecule has 6 heteroatoms. The van der Waals surface area contributed by atoms with Crippen LogP contribution in [0.2, 0.25) is 0 Å². The molecule has 0 saturated carbocycles. The molecule has 5 nitrogen and oxygen atoms in total. The maximum atomic E-state index is 12.5. The summed E-state index contributed by atoms with van der Waals surface area (Å²) in [4.78, 5) is 17.1. The molecule has 2 aromatic heterocycles. The molecule has 0 atom stereocenters. The van der Waals surface area contributed by atoms with E-state index >= 15 is 0 Å². The number of methoxy groups -OCH3 is 1. The van der Waals surface area contributed by atoms with Gasteiger partial charge in [0.05, 0.1) is 17.3 Å². The second-order valence-corrected chi connectivity index (χ2v) is 6.46. The molecule has 0 unspecified atom stereocenters. The highest BCUT2D eigenvalue weighted by molar-refractivity contribution is 7.20. The number of hydrogen-bond acceptors (Lipinski definition) is 4. The normalized spacial score (nSPS) is 10.8. The molecule has 0 aliphatic heterocycles. The Morgan fingerprint density at radius 2 is 1.96 bits per heavy atom. The van der Waals surface area contributed by atoms with Crippen molar-refractivity contribution in [1.29, 1.82) is 0 Å². The minimum Gasteiger partial charge on any atom is -0.497 e. The second-order valence-electron chi connectivity index (χ2n) is 5.46. The molecule has 2 aromatic carbocycles. The van der Waals surface area contributed by atoms with E-state index in [1.807, 2.05) is 59.4 Å². The van der Waals surface area contributed by atoms with E-state index in [4.69, 9.17) is 4.74 Å². The van der Waals surface area contributed by atoms with E-state index in [2.05, 4.69) is 10.3 Å². The summed E-state index contributed by atoms with van der Waals surface area (Å²) in [6, 6.07) is 16.7. The van der Waals surface area contributed by atoms with Gasteiger partial charge in [-0.2, -0.15) is 0 Å². The van der Waals surface area contributed by atoms with Crippen LogP contribution in [0, 0.1) is 0 Å². The Labute approximate surface area is 148 Å². The molecule has 0 radical (unpaired) electrons. The molecule has 1 N–H and O–H groups in total. The van der Waals surface area contributed by atoms with Crippen molar-refractivity contribution in [3.8, 4) is 10.9 Å². The molecule has 2 heterocycles. The van der Waals surface area contributed by atoms with E-state index in [-0.39, 0.29) is 5.91 Å². The lowest BCUT2D eigenvalue weighted by Gasteiger charge is -2.07. The fourth-order valence-electron chi connectivity index (χ4n) is 2.53. The van der Waals surface area contributed by atoms with Crippen LogP contribution in [0.4, 0.5) is 5.69 Å². The molecule has 124 valence electrons. The third kappa shape index (κ3) is 3.12. The molecule has 25 heavy (non-hydrogen) atoms. The Morgan fingerprint density at radius 3 is 2.76 bits per heavy atom. The number of hydrogen-bond donors (Lipinski definition) is 1. The quantitative estimate of drug-likeness (QED) is 0.596. The number of carbonyl (C=O) groups excluding carboxylic acids is 1. The molecule has 4 aromatic rings. The summed E-state index contributed by atoms with van der Waals surface area (Å²) in [6.45, 7) is 0. The van der Waals surface area contributed by atoms with Crippen LogP contribution in [-0.4, -0.2) is 22.6 Å². The Kier molecular flexibility index (Phi) is 3.95. The molecule has 0 bridgehead atoms. The van der Waals surface area contributed by atoms with Crippen molar-refractivity contribution < 1.29 is 9.53 Å². The first-order valence-electron chi connectivity index (χ1n) is 7.72. The van der Waals surface area contributed by atoms with Crippen LogP contribution in [0.15, 0.2) is 67.0 Å². The number of anilines is 1. The topological polar surface area (TPSA) is 56.1 Å². The molecule has 0 aliphatic rings. The largest absolute Gasteiger partial charge is 0.497 e. The number of benzene rings is 2. The van der Waals surface area contributed by atoms with Gasteiger partial charge in [0.15, 0.2) is 5.13 Å². The van der Waals surface area contributed by atoms with Crippen molar-refractivity contribution in [2.45, 2.75) is 0 Å². The number of ether oxygens (including phenoxy) is 1. The van der Waals surface area contributed by atoms with E-state index in [0.717, 1.165) is 15.3 Å². The standard InChI is InChI=1S/C19H15N3O2S/c1-24-15-6-4-5-14(12-15)20-18(23)13-7-8-16-17(11-13)25-19(21-16)22-9-2-3-10-22/h2-12H,1H3,(H,20,23). The van der Waals surface area contributed by atoms with Crippen LogP contribution in [0.25, 0.3) is 15.3 Å². The lowest BCUT2D eigenvalue weighted by atomic mass is 10.2. The molecular formula is C19H15N3O2S. The van der Waals surface area contributed by atoms with Gasteiger partial charge in [-0.15, -0.1) is 0 Å². The molecule has 0 aliphatic carbocycles. The van der Waals surface area contributed by atoms with Gasteiger partial charge < -0.3 is 14.6 Å². The second kappa shape index (κ2) is 6.41. The Balaban J connectivity index is 1.61. The summed E-state index contributed by atoms with van der Waals surface area (Å²) in [5, 5.41) is 3.77. The third-order valence-electron chi connectivity index (χ3n) is 3.79. The van der Waals surface area contributed by atoms with E-state index in [0.29, 0.717) is 17.0 Å². The van der Waals surface area contributed by atoms with E-state index in [1.165, 1.54) is 0 Å². The Hall–Kier alpha value is -3.12. The highest BCUT2D eigenvalue weighted by atomic mass is 32.1. The minimum atomic E-state index is -0.161. The van der Waals surface area contributed by atoms with Gasteiger partial charge in [-0.1, -0.05) is 17.4 Å². The Morgan fingerprint density at radius 1 is 1.12 bits per heavy atom. The van der Waals surface area contributed by atoms with E-state index in [9.17, 15) is 4.79 Å². The van der Waals surface area contributed by atoms with Crippen LogP contribution in [0.1, 0.15) is 10.4 Å². The van der Waals surface area contributed by atoms with Crippen LogP contribution >= 0.6 is 11.3 Å². The first-order chi connectivity index (χ1) is 12.2. The number of carbonyl (C=O) groups is 1. The molecular weight excluding hydrogens is 334 g/mol. The predicted molar refractivity (Wildman–Crippen MR) is 99.9 cm³/mol. The van der Waals surface area contributed by atoms with Crippen LogP contribution in [-0.2, 0) is 0 Å². The molecule has 0 fully saturated rings. The van der Waals surface area contributed by atoms with Crippen molar-refractivity contribution in [1.82, 2.24) is 9.55 Å². The molecule has 0 spiro atoms. The minimum absolute atomic E-state index is 0.161. The first-order valence-corrected chi connectivity index (χ1v) is 8.54. The zero-order chi connectivity index (χ0) is 17.2. The van der Waals surface area contributed by atoms with Crippen molar-refractivity contribution in [2.24, 2.45) is 0 Å². The van der Waals surface area contributed by atoms with Crippen LogP contribution in [0.3, 0.4) is 0 Å². The van der Waals surface area contributed by atoms with Gasteiger partial charge >= 0.3 is 0 Å². The summed E-state index contributed by atoms with van der Waals surface area (Å²) in [5.41, 5.74) is 2.17. The maximum Gasteiger partial charge on any atom is 0.255 e. The summed E-state index contributed by atoms with van der Waals surface area (Å²) in [7, 11) is 1.60. The zero-order valence-electron chi connectivity index (χ0n) is 13.5. The highest BCUT2D eigenvalue weighted by Crippen LogP contribution is 2.26. The van der Waals surface area contributed by atoms with E-state index in [1.54, 1.807) is 30.6 Å². The van der Waals surface area contributed by atoms with Crippen molar-refractivity contribution in [3.63, 3.8) is 0 Å². The van der Waals surface area contributed by atoms with Gasteiger partial charge in [-0.25, -0.2) is 4.98 Å². The monoisotopic (exact) mass is 349 g/mol. The number of nitrogens with one attached hydrogen (secondary N) is 1. The molecule has 4 rings (SSSR count). The third-order valence-corrected chi connectivity index (χ3v) is 4.82. The van der Waals surface area contributed by atoms with Gasteiger partial charge in [0.2, 0.25) is 0 Å². The first kappa shape index (κ1) is 15.4. The summed E-state index contributed by atoms with van der Waals surface area (Å²) < 4.78 is 8.11. The van der Waals surface area contributed by atoms with Gasteiger partial charge in [0, 0.05) is 29.7 Å². The van der Waals surface area contributed by atoms with Gasteiger partial charge in [0.1, 0.15) is 5.75 Å². The summed E-state index contributed by atoms with van der Waals surface area (Å²) in [6.07, 6.45) is 3.91. The lowest BCUT2D eigenvalue weighted by molar-refractivity contribution is 0.102. The molecule has 0 saturated heterocycles. The van der Waals surface area contributed by atoms with Gasteiger partial charge in [-0.05, 0) is 42.5 Å². The van der Waals surface area contributed by atoms with Gasteiger partial charge in [0.25, 0.3) is 5.91 Å². The fourth-order valence-corrected chi connectivity index (χ4v) is 3.50. The van der Waals surface area contributed by atoms with E-state index < -0.39 is 0 Å². The van der Waals surface area contributed by atoms with Crippen molar-refractivity contribution in [2.75, 3.05) is 12.4 Å². The summed E-state index contributed by atoms with van der Waals surface area (Å²) in [5.74, 6) is 0.540. The number of amides is 1. The fraction of sp³-hybridized carbons (Fsp3) is 0.0526. The highest BCUT2D eigenvalue weighted by Gasteiger charge is 2.11. The SMILES string of the molecule is COc1cccc(NC(=O)c2ccc3nc(-n4cccc4)sc3c2)c1. The number of thiazole rings is 1. The zero-order valence-corrected chi connectivity index (χ0v) is 14.3. The Bertz CT molecular complexity index is 1040. The number of fused-ring (bicyclic) bond motifs is 1. The number of nitrogens with zero attached hydrogens (tertiary/aromatic N) is 2. The summed E-state index contributed by atoms with van der Waals surface area (Å²) >= 11 is 1.55. The van der Waals surface area contributed by atoms with Crippen LogP contribution in [0.5, 0.6) is 5.75 Å². The number of rotatable bonds is 4. The number of aromatic nitrogens is 2. The average Bonchev–Trinajstić information content (AvgIpc) is 3.30. The van der Waals surface area contributed by atoms with Gasteiger partial charge in [-0.3, -0.25) is 4.79 Å². The predicted octanol–water partition coefficient (Wildman–Crippen LogP) is 4.35. The molecule has 1 amide bonds. The maximum absolute atomic E-state index is 12.5. The smallest absolute Gasteiger partial charge is 0.255 e. The van der Waals surface area contributed by atoms with Crippen molar-refractivity contribution >= 4 is 33.1 Å². The van der Waals surface area contributed by atoms with Crippen LogP contribution < -0.4 is 10.1 Å². The van der Waals surface area contributed by atoms with Crippen molar-refractivity contribution in [3.05, 3.63) is 72.6 Å². The average molecular weight is 349 g/mol. The lowest BCUT2D eigenvalue weighted by Crippen LogP contribution is -2.11.